The lowest BCUT2D eigenvalue weighted by atomic mass is 10.1. The minimum atomic E-state index is -0.383. The molecule has 0 saturated carbocycles. The van der Waals surface area contributed by atoms with Crippen LogP contribution in [0.5, 0.6) is 0 Å². The molecule has 2 amide bonds. The molecule has 1 aliphatic heterocycles. The largest absolute Gasteiger partial charge is 0.447 e. The van der Waals surface area contributed by atoms with Crippen LogP contribution in [0.2, 0.25) is 0 Å². The van der Waals surface area contributed by atoms with Crippen LogP contribution < -0.4 is 10.2 Å². The van der Waals surface area contributed by atoms with E-state index >= 15 is 0 Å². The summed E-state index contributed by atoms with van der Waals surface area (Å²) in [5.74, 6) is -0.198. The number of carbonyl (C=O) groups excluding carboxylic acids is 2. The van der Waals surface area contributed by atoms with Crippen molar-refractivity contribution < 1.29 is 14.3 Å². The van der Waals surface area contributed by atoms with Crippen molar-refractivity contribution in [1.29, 1.82) is 0 Å². The third kappa shape index (κ3) is 3.31. The standard InChI is InChI=1S/C17H17N3O3/c1-12(14-5-3-7-18-11-14)19-16(21)13-4-2-6-15(10-13)20-8-9-23-17(20)22/h2-7,10-12H,8-9H2,1H3,(H,19,21). The molecule has 0 spiro atoms. The number of rotatable bonds is 4. The van der Waals surface area contributed by atoms with E-state index in [-0.39, 0.29) is 18.0 Å². The summed E-state index contributed by atoms with van der Waals surface area (Å²) in [7, 11) is 0. The van der Waals surface area contributed by atoms with Gasteiger partial charge in [-0.1, -0.05) is 12.1 Å². The average Bonchev–Trinajstić information content (AvgIpc) is 3.02. The fourth-order valence-corrected chi connectivity index (χ4v) is 2.44. The second kappa shape index (κ2) is 6.48. The number of pyridine rings is 1. The lowest BCUT2D eigenvalue weighted by Gasteiger charge is -2.16. The zero-order valence-corrected chi connectivity index (χ0v) is 12.7. The number of ether oxygens (including phenoxy) is 1. The molecule has 6 heteroatoms. The van der Waals surface area contributed by atoms with Gasteiger partial charge in [-0.25, -0.2) is 4.79 Å². The van der Waals surface area contributed by atoms with E-state index in [4.69, 9.17) is 4.74 Å². The van der Waals surface area contributed by atoms with Crippen molar-refractivity contribution in [2.45, 2.75) is 13.0 Å². The smallest absolute Gasteiger partial charge is 0.414 e. The number of anilines is 1. The van der Waals surface area contributed by atoms with Gasteiger partial charge in [0, 0.05) is 23.6 Å². The van der Waals surface area contributed by atoms with Gasteiger partial charge in [0.1, 0.15) is 6.61 Å². The molecule has 6 nitrogen and oxygen atoms in total. The van der Waals surface area contributed by atoms with Crippen molar-refractivity contribution >= 4 is 17.7 Å². The predicted molar refractivity (Wildman–Crippen MR) is 85.3 cm³/mol. The SMILES string of the molecule is CC(NC(=O)c1cccc(N2CCOC2=O)c1)c1cccnc1. The van der Waals surface area contributed by atoms with Crippen LogP contribution in [0.15, 0.2) is 48.8 Å². The molecule has 1 N–H and O–H groups in total. The Labute approximate surface area is 134 Å². The molecule has 0 radical (unpaired) electrons. The molecule has 0 bridgehead atoms. The highest BCUT2D eigenvalue weighted by Gasteiger charge is 2.24. The molecule has 1 saturated heterocycles. The summed E-state index contributed by atoms with van der Waals surface area (Å²) in [5.41, 5.74) is 2.09. The summed E-state index contributed by atoms with van der Waals surface area (Å²) in [4.78, 5) is 29.6. The van der Waals surface area contributed by atoms with Crippen molar-refractivity contribution in [2.75, 3.05) is 18.1 Å². The van der Waals surface area contributed by atoms with Gasteiger partial charge in [-0.15, -0.1) is 0 Å². The highest BCUT2D eigenvalue weighted by atomic mass is 16.6. The minimum absolute atomic E-state index is 0.156. The van der Waals surface area contributed by atoms with Crippen molar-refractivity contribution in [3.8, 4) is 0 Å². The second-order valence-corrected chi connectivity index (χ2v) is 5.30. The van der Waals surface area contributed by atoms with E-state index < -0.39 is 0 Å². The number of hydrogen-bond acceptors (Lipinski definition) is 4. The molecule has 1 atom stereocenters. The molecule has 1 unspecified atom stereocenters. The van der Waals surface area contributed by atoms with Crippen LogP contribution >= 0.6 is 0 Å². The van der Waals surface area contributed by atoms with Crippen LogP contribution in [-0.2, 0) is 4.74 Å². The first kappa shape index (κ1) is 15.0. The molecular formula is C17H17N3O3. The number of nitrogens with one attached hydrogen (secondary N) is 1. The van der Waals surface area contributed by atoms with Crippen molar-refractivity contribution in [3.05, 3.63) is 59.9 Å². The van der Waals surface area contributed by atoms with Gasteiger partial charge in [0.25, 0.3) is 5.91 Å². The first-order valence-electron chi connectivity index (χ1n) is 7.40. The van der Waals surface area contributed by atoms with Crippen LogP contribution in [0.3, 0.4) is 0 Å². The number of nitrogens with zero attached hydrogens (tertiary/aromatic N) is 2. The molecule has 3 rings (SSSR count). The maximum atomic E-state index is 12.4. The molecule has 2 aromatic rings. The topological polar surface area (TPSA) is 71.5 Å². The van der Waals surface area contributed by atoms with Gasteiger partial charge in [-0.2, -0.15) is 0 Å². The van der Waals surface area contributed by atoms with Gasteiger partial charge in [0.05, 0.1) is 12.6 Å². The Kier molecular flexibility index (Phi) is 4.23. The van der Waals surface area contributed by atoms with Gasteiger partial charge >= 0.3 is 6.09 Å². The molecule has 1 aromatic heterocycles. The van der Waals surface area contributed by atoms with E-state index in [1.54, 1.807) is 36.7 Å². The van der Waals surface area contributed by atoms with Crippen molar-refractivity contribution in [2.24, 2.45) is 0 Å². The van der Waals surface area contributed by atoms with E-state index in [0.717, 1.165) is 5.56 Å². The van der Waals surface area contributed by atoms with Crippen LogP contribution in [0.1, 0.15) is 28.9 Å². The molecule has 1 aliphatic rings. The fraction of sp³-hybridized carbons (Fsp3) is 0.235. The Morgan fingerprint density at radius 2 is 2.22 bits per heavy atom. The van der Waals surface area contributed by atoms with Gasteiger partial charge in [-0.3, -0.25) is 14.7 Å². The number of hydrogen-bond donors (Lipinski definition) is 1. The minimum Gasteiger partial charge on any atom is -0.447 e. The molecule has 23 heavy (non-hydrogen) atoms. The van der Waals surface area contributed by atoms with Crippen LogP contribution in [0, 0.1) is 0 Å². The van der Waals surface area contributed by atoms with Crippen LogP contribution in [0.25, 0.3) is 0 Å². The van der Waals surface area contributed by atoms with Gasteiger partial charge < -0.3 is 10.1 Å². The lowest BCUT2D eigenvalue weighted by Crippen LogP contribution is -2.27. The first-order valence-corrected chi connectivity index (χ1v) is 7.40. The molecule has 0 aliphatic carbocycles. The van der Waals surface area contributed by atoms with Gasteiger partial charge in [0.2, 0.25) is 0 Å². The maximum Gasteiger partial charge on any atom is 0.414 e. The number of cyclic esters (lactones) is 1. The van der Waals surface area contributed by atoms with Crippen molar-refractivity contribution in [3.63, 3.8) is 0 Å². The number of amides is 2. The Morgan fingerprint density at radius 1 is 1.35 bits per heavy atom. The van der Waals surface area contributed by atoms with Crippen molar-refractivity contribution in [1.82, 2.24) is 10.3 Å². The lowest BCUT2D eigenvalue weighted by molar-refractivity contribution is 0.0939. The average molecular weight is 311 g/mol. The summed E-state index contributed by atoms with van der Waals surface area (Å²) in [5, 5.41) is 2.93. The highest BCUT2D eigenvalue weighted by Crippen LogP contribution is 2.20. The second-order valence-electron chi connectivity index (χ2n) is 5.30. The molecule has 1 fully saturated rings. The van der Waals surface area contributed by atoms with E-state index in [2.05, 4.69) is 10.3 Å². The Balaban J connectivity index is 1.74. The summed E-state index contributed by atoms with van der Waals surface area (Å²) in [6.45, 7) is 2.76. The van der Waals surface area contributed by atoms with E-state index in [0.29, 0.717) is 24.4 Å². The molecule has 1 aromatic carbocycles. The third-order valence-electron chi connectivity index (χ3n) is 3.71. The number of aromatic nitrogens is 1. The Morgan fingerprint density at radius 3 is 2.91 bits per heavy atom. The monoisotopic (exact) mass is 311 g/mol. The van der Waals surface area contributed by atoms with Crippen LogP contribution in [-0.4, -0.2) is 30.1 Å². The van der Waals surface area contributed by atoms with Gasteiger partial charge in [0.15, 0.2) is 0 Å². The molecule has 118 valence electrons. The third-order valence-corrected chi connectivity index (χ3v) is 3.71. The zero-order valence-electron chi connectivity index (χ0n) is 12.7. The van der Waals surface area contributed by atoms with Crippen LogP contribution in [0.4, 0.5) is 10.5 Å². The zero-order chi connectivity index (χ0) is 16.2. The number of carbonyl (C=O) groups is 2. The van der Waals surface area contributed by atoms with E-state index in [9.17, 15) is 9.59 Å². The normalized spacial score (nSPS) is 15.2. The summed E-state index contributed by atoms with van der Waals surface area (Å²) in [6.07, 6.45) is 3.03. The van der Waals surface area contributed by atoms with Gasteiger partial charge in [-0.05, 0) is 36.8 Å². The summed E-state index contributed by atoms with van der Waals surface area (Å²) >= 11 is 0. The Hall–Kier alpha value is -2.89. The first-order chi connectivity index (χ1) is 11.1. The fourth-order valence-electron chi connectivity index (χ4n) is 2.44. The van der Waals surface area contributed by atoms with E-state index in [1.807, 2.05) is 19.1 Å². The summed E-state index contributed by atoms with van der Waals surface area (Å²) < 4.78 is 4.92. The quantitative estimate of drug-likeness (QED) is 0.942. The predicted octanol–water partition coefficient (Wildman–Crippen LogP) is 2.53. The Bertz CT molecular complexity index is 718. The maximum absolute atomic E-state index is 12.4. The van der Waals surface area contributed by atoms with E-state index in [1.165, 1.54) is 4.90 Å². The summed E-state index contributed by atoms with van der Waals surface area (Å²) in [6, 6.07) is 10.5. The number of benzene rings is 1. The molecular weight excluding hydrogens is 294 g/mol. The molecule has 2 heterocycles. The highest BCUT2D eigenvalue weighted by molar-refractivity contribution is 5.97.